The fourth-order valence-electron chi connectivity index (χ4n) is 2.13. The van der Waals surface area contributed by atoms with Crippen LogP contribution in [0.5, 0.6) is 0 Å². The van der Waals surface area contributed by atoms with Crippen LogP contribution in [0, 0.1) is 11.7 Å². The molecule has 0 saturated heterocycles. The number of nitrogens with one attached hydrogen (secondary N) is 1. The van der Waals surface area contributed by atoms with Crippen LogP contribution >= 0.6 is 0 Å². The first kappa shape index (κ1) is 15.3. The summed E-state index contributed by atoms with van der Waals surface area (Å²) in [6.07, 6.45) is 2.06. The summed E-state index contributed by atoms with van der Waals surface area (Å²) in [6, 6.07) is 5.17. The van der Waals surface area contributed by atoms with E-state index in [0.29, 0.717) is 18.0 Å². The van der Waals surface area contributed by atoms with Crippen molar-refractivity contribution in [3.8, 4) is 0 Å². The van der Waals surface area contributed by atoms with Gasteiger partial charge in [-0.3, -0.25) is 4.79 Å². The molecular formula is C15H19FN2O3. The maximum Gasteiger partial charge on any atom is 0.323 e. The van der Waals surface area contributed by atoms with Crippen LogP contribution in [-0.2, 0) is 4.79 Å². The molecule has 1 atom stereocenters. The van der Waals surface area contributed by atoms with Crippen molar-refractivity contribution >= 4 is 12.0 Å². The number of aliphatic carboxylic acids is 1. The van der Waals surface area contributed by atoms with Gasteiger partial charge in [0, 0.05) is 6.54 Å². The second-order valence-electron chi connectivity index (χ2n) is 5.44. The van der Waals surface area contributed by atoms with Crippen LogP contribution in [0.4, 0.5) is 9.18 Å². The fourth-order valence-corrected chi connectivity index (χ4v) is 2.13. The summed E-state index contributed by atoms with van der Waals surface area (Å²) in [5, 5.41) is 11.6. The number of benzene rings is 1. The maximum absolute atomic E-state index is 13.2. The highest BCUT2D eigenvalue weighted by Crippen LogP contribution is 2.29. The van der Waals surface area contributed by atoms with Crippen LogP contribution in [0.15, 0.2) is 24.3 Å². The molecule has 0 radical (unpaired) electrons. The molecule has 6 heteroatoms. The molecule has 0 heterocycles. The number of amides is 2. The first-order chi connectivity index (χ1) is 9.95. The van der Waals surface area contributed by atoms with Gasteiger partial charge in [-0.1, -0.05) is 12.1 Å². The van der Waals surface area contributed by atoms with Gasteiger partial charge in [-0.2, -0.15) is 0 Å². The number of hydrogen-bond acceptors (Lipinski definition) is 2. The Morgan fingerprint density at radius 3 is 2.76 bits per heavy atom. The minimum atomic E-state index is -1.04. The Morgan fingerprint density at radius 1 is 1.48 bits per heavy atom. The van der Waals surface area contributed by atoms with Crippen molar-refractivity contribution in [3.63, 3.8) is 0 Å². The zero-order valence-corrected chi connectivity index (χ0v) is 11.9. The number of halogens is 1. The van der Waals surface area contributed by atoms with Gasteiger partial charge in [-0.25, -0.2) is 9.18 Å². The van der Waals surface area contributed by atoms with E-state index in [2.05, 4.69) is 5.32 Å². The van der Waals surface area contributed by atoms with Crippen LogP contribution in [0.3, 0.4) is 0 Å². The molecule has 0 aliphatic heterocycles. The molecule has 1 saturated carbocycles. The largest absolute Gasteiger partial charge is 0.480 e. The lowest BCUT2D eigenvalue weighted by Gasteiger charge is -2.24. The van der Waals surface area contributed by atoms with Crippen molar-refractivity contribution in [2.75, 3.05) is 13.1 Å². The van der Waals surface area contributed by atoms with Crippen LogP contribution in [-0.4, -0.2) is 35.1 Å². The number of hydrogen-bond donors (Lipinski definition) is 2. The van der Waals surface area contributed by atoms with Crippen molar-refractivity contribution < 1.29 is 19.1 Å². The standard InChI is InChI=1S/C15H19FN2O3/c1-10(12-3-2-4-13(16)7-12)17-15(21)18(9-14(19)20)8-11-5-6-11/h2-4,7,10-11H,5-6,8-9H2,1H3,(H,17,21)(H,19,20). The zero-order chi connectivity index (χ0) is 15.4. The number of urea groups is 1. The molecule has 1 unspecified atom stereocenters. The summed E-state index contributed by atoms with van der Waals surface area (Å²) in [7, 11) is 0. The lowest BCUT2D eigenvalue weighted by Crippen LogP contribution is -2.44. The minimum Gasteiger partial charge on any atom is -0.480 e. The average molecular weight is 294 g/mol. The van der Waals surface area contributed by atoms with E-state index in [9.17, 15) is 14.0 Å². The summed E-state index contributed by atoms with van der Waals surface area (Å²) in [4.78, 5) is 24.3. The molecule has 1 aromatic rings. The Kier molecular flexibility index (Phi) is 4.77. The van der Waals surface area contributed by atoms with E-state index >= 15 is 0 Å². The third-order valence-corrected chi connectivity index (χ3v) is 3.48. The first-order valence-corrected chi connectivity index (χ1v) is 6.98. The van der Waals surface area contributed by atoms with Gasteiger partial charge in [0.1, 0.15) is 12.4 Å². The maximum atomic E-state index is 13.2. The van der Waals surface area contributed by atoms with Crippen LogP contribution < -0.4 is 5.32 Å². The molecule has 1 aliphatic rings. The summed E-state index contributed by atoms with van der Waals surface area (Å²) >= 11 is 0. The van der Waals surface area contributed by atoms with Gasteiger partial charge >= 0.3 is 12.0 Å². The molecule has 1 fully saturated rings. The number of carboxylic acids is 1. The molecule has 5 nitrogen and oxygen atoms in total. The number of rotatable bonds is 6. The molecule has 114 valence electrons. The van der Waals surface area contributed by atoms with E-state index in [-0.39, 0.29) is 18.4 Å². The fraction of sp³-hybridized carbons (Fsp3) is 0.467. The second kappa shape index (κ2) is 6.56. The molecule has 2 N–H and O–H groups in total. The number of carboxylic acid groups (broad SMARTS) is 1. The van der Waals surface area contributed by atoms with Crippen LogP contribution in [0.1, 0.15) is 31.4 Å². The van der Waals surface area contributed by atoms with Gasteiger partial charge in [-0.15, -0.1) is 0 Å². The quantitative estimate of drug-likeness (QED) is 0.846. The molecular weight excluding hydrogens is 275 g/mol. The van der Waals surface area contributed by atoms with Gasteiger partial charge in [0.15, 0.2) is 0 Å². The van der Waals surface area contributed by atoms with Crippen LogP contribution in [0.2, 0.25) is 0 Å². The molecule has 2 rings (SSSR count). The van der Waals surface area contributed by atoms with E-state index < -0.39 is 12.0 Å². The van der Waals surface area contributed by atoms with Crippen molar-refractivity contribution in [2.24, 2.45) is 5.92 Å². The third-order valence-electron chi connectivity index (χ3n) is 3.48. The van der Waals surface area contributed by atoms with Gasteiger partial charge in [0.05, 0.1) is 6.04 Å². The Morgan fingerprint density at radius 2 is 2.19 bits per heavy atom. The van der Waals surface area contributed by atoms with E-state index in [4.69, 9.17) is 5.11 Å². The lowest BCUT2D eigenvalue weighted by molar-refractivity contribution is -0.137. The third kappa shape index (κ3) is 4.73. The second-order valence-corrected chi connectivity index (χ2v) is 5.44. The summed E-state index contributed by atoms with van der Waals surface area (Å²) in [5.74, 6) is -1.00. The van der Waals surface area contributed by atoms with Gasteiger partial charge in [0.25, 0.3) is 0 Å². The zero-order valence-electron chi connectivity index (χ0n) is 11.9. The smallest absolute Gasteiger partial charge is 0.323 e. The first-order valence-electron chi connectivity index (χ1n) is 6.98. The number of nitrogens with zero attached hydrogens (tertiary/aromatic N) is 1. The van der Waals surface area contributed by atoms with Gasteiger partial charge in [-0.05, 0) is 43.4 Å². The summed E-state index contributed by atoms with van der Waals surface area (Å²) < 4.78 is 13.2. The predicted octanol–water partition coefficient (Wildman–Crippen LogP) is 2.39. The van der Waals surface area contributed by atoms with Crippen molar-refractivity contribution in [1.82, 2.24) is 10.2 Å². The Balaban J connectivity index is 1.97. The number of carbonyl (C=O) groups is 2. The predicted molar refractivity (Wildman–Crippen MR) is 75.3 cm³/mol. The molecule has 0 aromatic heterocycles. The molecule has 1 aliphatic carbocycles. The molecule has 21 heavy (non-hydrogen) atoms. The highest BCUT2D eigenvalue weighted by Gasteiger charge is 2.28. The molecule has 0 bridgehead atoms. The lowest BCUT2D eigenvalue weighted by atomic mass is 10.1. The van der Waals surface area contributed by atoms with Crippen molar-refractivity contribution in [3.05, 3.63) is 35.6 Å². The van der Waals surface area contributed by atoms with E-state index in [1.165, 1.54) is 17.0 Å². The Labute approximate surface area is 122 Å². The van der Waals surface area contributed by atoms with Crippen molar-refractivity contribution in [1.29, 1.82) is 0 Å². The van der Waals surface area contributed by atoms with E-state index in [1.807, 2.05) is 0 Å². The molecule has 2 amide bonds. The highest BCUT2D eigenvalue weighted by atomic mass is 19.1. The number of carbonyl (C=O) groups excluding carboxylic acids is 1. The van der Waals surface area contributed by atoms with Crippen molar-refractivity contribution in [2.45, 2.75) is 25.8 Å². The Bertz CT molecular complexity index is 531. The molecule has 1 aromatic carbocycles. The van der Waals surface area contributed by atoms with Gasteiger partial charge < -0.3 is 15.3 Å². The molecule has 0 spiro atoms. The Hall–Kier alpha value is -2.11. The van der Waals surface area contributed by atoms with E-state index in [0.717, 1.165) is 12.8 Å². The minimum absolute atomic E-state index is 0.321. The average Bonchev–Trinajstić information content (AvgIpc) is 3.21. The topological polar surface area (TPSA) is 69.6 Å². The van der Waals surface area contributed by atoms with Gasteiger partial charge in [0.2, 0.25) is 0 Å². The SMILES string of the molecule is CC(NC(=O)N(CC(=O)O)CC1CC1)c1cccc(F)c1. The van der Waals surface area contributed by atoms with E-state index in [1.54, 1.807) is 19.1 Å². The monoisotopic (exact) mass is 294 g/mol. The summed E-state index contributed by atoms with van der Waals surface area (Å²) in [5.41, 5.74) is 0.644. The summed E-state index contributed by atoms with van der Waals surface area (Å²) in [6.45, 7) is 1.87. The highest BCUT2D eigenvalue weighted by molar-refractivity contribution is 5.80. The van der Waals surface area contributed by atoms with Crippen LogP contribution in [0.25, 0.3) is 0 Å². The normalized spacial score (nSPS) is 15.3.